The summed E-state index contributed by atoms with van der Waals surface area (Å²) in [5, 5.41) is 0. The number of rotatable bonds is 49. The van der Waals surface area contributed by atoms with E-state index in [-0.39, 0.29) is 36.2 Å². The molecule has 2 aromatic carbocycles. The zero-order valence-corrected chi connectivity index (χ0v) is 48.3. The molecule has 0 saturated carbocycles. The molecule has 0 unspecified atom stereocenters. The molecular weight excluding hydrogens is 905 g/mol. The molecular formula is C65H114N2O6. The minimum absolute atomic E-state index is 0.00413. The van der Waals surface area contributed by atoms with Crippen molar-refractivity contribution in [3.05, 3.63) is 71.8 Å². The summed E-state index contributed by atoms with van der Waals surface area (Å²) in [7, 11) is 0. The maximum Gasteiger partial charge on any atom is 0.306 e. The lowest BCUT2D eigenvalue weighted by Gasteiger charge is -2.19. The number of hydrogen-bond donors (Lipinski definition) is 1. The Balaban J connectivity index is 0.000000781. The van der Waals surface area contributed by atoms with Crippen LogP contribution in [0.25, 0.3) is 0 Å². The number of unbranched alkanes of at least 4 members (excludes halogenated alkanes) is 24. The molecule has 0 radical (unpaired) electrons. The van der Waals surface area contributed by atoms with Crippen molar-refractivity contribution in [1.82, 2.24) is 0 Å². The summed E-state index contributed by atoms with van der Waals surface area (Å²) in [6, 6.07) is 21.0. The first-order valence-corrected chi connectivity index (χ1v) is 30.8. The van der Waals surface area contributed by atoms with Crippen LogP contribution in [0.5, 0.6) is 0 Å². The fourth-order valence-corrected chi connectivity index (χ4v) is 9.06. The molecule has 4 atom stereocenters. The van der Waals surface area contributed by atoms with E-state index < -0.39 is 0 Å². The Morgan fingerprint density at radius 1 is 0.425 bits per heavy atom. The van der Waals surface area contributed by atoms with Gasteiger partial charge in [-0.15, -0.1) is 0 Å². The van der Waals surface area contributed by atoms with Gasteiger partial charge in [-0.1, -0.05) is 256 Å². The van der Waals surface area contributed by atoms with Crippen molar-refractivity contribution in [1.29, 1.82) is 0 Å². The first-order chi connectivity index (χ1) is 35.8. The zero-order valence-electron chi connectivity index (χ0n) is 48.3. The third-order valence-electron chi connectivity index (χ3n) is 14.0. The molecule has 0 fully saturated rings. The topological polar surface area (TPSA) is 109 Å². The van der Waals surface area contributed by atoms with Gasteiger partial charge in [0.2, 0.25) is 0 Å². The molecule has 0 aliphatic rings. The Kier molecular flexibility index (Phi) is 47.5. The number of ether oxygens (including phenoxy) is 4. The highest BCUT2D eigenvalue weighted by Crippen LogP contribution is 2.19. The van der Waals surface area contributed by atoms with Crippen LogP contribution >= 0.6 is 0 Å². The number of carbonyl (C=O) groups is 2. The minimum Gasteiger partial charge on any atom is -0.462 e. The number of hydrogen-bond acceptors (Lipinski definition) is 8. The van der Waals surface area contributed by atoms with Crippen molar-refractivity contribution in [3.8, 4) is 0 Å². The average Bonchev–Trinajstić information content (AvgIpc) is 3.41. The predicted molar refractivity (Wildman–Crippen MR) is 312 cm³/mol. The summed E-state index contributed by atoms with van der Waals surface area (Å²) in [6.45, 7) is 15.6. The Morgan fingerprint density at radius 3 is 1.12 bits per heavy atom. The third-order valence-corrected chi connectivity index (χ3v) is 14.0. The molecule has 0 heterocycles. The van der Waals surface area contributed by atoms with Crippen molar-refractivity contribution in [2.45, 2.75) is 297 Å². The van der Waals surface area contributed by atoms with Gasteiger partial charge >= 0.3 is 11.9 Å². The third kappa shape index (κ3) is 40.9. The van der Waals surface area contributed by atoms with Crippen molar-refractivity contribution in [3.63, 3.8) is 0 Å². The van der Waals surface area contributed by atoms with E-state index in [0.717, 1.165) is 93.9 Å². The lowest BCUT2D eigenvalue weighted by Crippen LogP contribution is -2.26. The summed E-state index contributed by atoms with van der Waals surface area (Å²) in [6.07, 6.45) is 41.2. The van der Waals surface area contributed by atoms with E-state index in [1.165, 1.54) is 141 Å². The Bertz CT molecular complexity index is 1480. The van der Waals surface area contributed by atoms with E-state index in [1.807, 2.05) is 12.1 Å². The molecule has 0 bridgehead atoms. The average molecular weight is 1020 g/mol. The lowest BCUT2D eigenvalue weighted by molar-refractivity contribution is -0.151. The molecule has 8 heteroatoms. The van der Waals surface area contributed by atoms with Gasteiger partial charge in [0.1, 0.15) is 12.2 Å². The number of aliphatic imine (C=N–C) groups is 1. The highest BCUT2D eigenvalue weighted by molar-refractivity contribution is 6.13. The van der Waals surface area contributed by atoms with Crippen molar-refractivity contribution >= 4 is 17.7 Å². The van der Waals surface area contributed by atoms with Crippen LogP contribution in [0.1, 0.15) is 284 Å². The Morgan fingerprint density at radius 2 is 0.767 bits per heavy atom. The molecule has 0 spiro atoms. The summed E-state index contributed by atoms with van der Waals surface area (Å²) in [5.41, 5.74) is 9.15. The van der Waals surface area contributed by atoms with Gasteiger partial charge in [-0.05, 0) is 51.4 Å². The van der Waals surface area contributed by atoms with Crippen LogP contribution in [0.2, 0.25) is 0 Å². The summed E-state index contributed by atoms with van der Waals surface area (Å²) in [4.78, 5) is 30.2. The highest BCUT2D eigenvalue weighted by Gasteiger charge is 2.17. The molecule has 0 saturated heterocycles. The van der Waals surface area contributed by atoms with E-state index in [9.17, 15) is 9.59 Å². The van der Waals surface area contributed by atoms with Crippen LogP contribution in [0.3, 0.4) is 0 Å². The van der Waals surface area contributed by atoms with E-state index in [0.29, 0.717) is 39.3 Å². The standard InChI is InChI=1S/C39H61NO3.C26H53NO3/c1-4-7-9-11-12-13-14-16-24-30-38(41)43-37(29-23-15-10-8-5-2)31-32-42-33-36(6-3)40-39(34-25-19-17-20-26-34)35-27-21-18-22-28-35;1-4-7-9-11-12-13-14-16-18-20-26(28)30-25(19-17-15-10-8-5-2)21-22-29-23-24(27)6-3/h17-22,25-28,36-37H,4-16,23-24,29-33H2,1-3H3;24-25H,4-23,27H2,1-3H3/t36-,37+;24-,25+/m00/s1. The second-order valence-electron chi connectivity index (χ2n) is 21.0. The van der Waals surface area contributed by atoms with Gasteiger partial charge in [-0.2, -0.15) is 0 Å². The number of nitrogens with zero attached hydrogens (tertiary/aromatic N) is 1. The van der Waals surface area contributed by atoms with Gasteiger partial charge in [0, 0.05) is 42.9 Å². The molecule has 2 N–H and O–H groups in total. The van der Waals surface area contributed by atoms with Crippen LogP contribution in [-0.4, -0.2) is 68.4 Å². The molecule has 420 valence electrons. The van der Waals surface area contributed by atoms with E-state index in [4.69, 9.17) is 29.7 Å². The second kappa shape index (κ2) is 51.1. The fraction of sp³-hybridized carbons (Fsp3) is 0.769. The van der Waals surface area contributed by atoms with Crippen molar-refractivity contribution < 1.29 is 28.5 Å². The van der Waals surface area contributed by atoms with Crippen LogP contribution in [-0.2, 0) is 28.5 Å². The molecule has 0 aliphatic heterocycles. The van der Waals surface area contributed by atoms with Gasteiger partial charge in [0.25, 0.3) is 0 Å². The van der Waals surface area contributed by atoms with Gasteiger partial charge in [-0.3, -0.25) is 14.6 Å². The predicted octanol–water partition coefficient (Wildman–Crippen LogP) is 18.2. The first-order valence-electron chi connectivity index (χ1n) is 30.8. The second-order valence-corrected chi connectivity index (χ2v) is 21.0. The van der Waals surface area contributed by atoms with Gasteiger partial charge in [-0.25, -0.2) is 0 Å². The van der Waals surface area contributed by atoms with E-state index in [2.05, 4.69) is 90.1 Å². The van der Waals surface area contributed by atoms with Gasteiger partial charge in [0.15, 0.2) is 0 Å². The molecule has 2 rings (SSSR count). The molecule has 0 amide bonds. The van der Waals surface area contributed by atoms with Crippen LogP contribution in [0, 0.1) is 0 Å². The van der Waals surface area contributed by atoms with E-state index >= 15 is 0 Å². The maximum absolute atomic E-state index is 12.7. The first kappa shape index (κ1) is 67.9. The lowest BCUT2D eigenvalue weighted by atomic mass is 10.0. The van der Waals surface area contributed by atoms with Crippen molar-refractivity contribution in [2.24, 2.45) is 10.7 Å². The number of nitrogens with two attached hydrogens (primary N) is 1. The Hall–Kier alpha value is -3.07. The van der Waals surface area contributed by atoms with Crippen molar-refractivity contribution in [2.75, 3.05) is 26.4 Å². The maximum atomic E-state index is 12.7. The fourth-order valence-electron chi connectivity index (χ4n) is 9.06. The molecule has 73 heavy (non-hydrogen) atoms. The summed E-state index contributed by atoms with van der Waals surface area (Å²) < 4.78 is 23.7. The molecule has 0 aliphatic carbocycles. The normalized spacial score (nSPS) is 12.9. The smallest absolute Gasteiger partial charge is 0.306 e. The van der Waals surface area contributed by atoms with Crippen LogP contribution < -0.4 is 5.73 Å². The number of benzene rings is 2. The van der Waals surface area contributed by atoms with Gasteiger partial charge < -0.3 is 24.7 Å². The monoisotopic (exact) mass is 1020 g/mol. The Labute approximate surface area is 450 Å². The summed E-state index contributed by atoms with van der Waals surface area (Å²) in [5.74, 6) is -0.0605. The van der Waals surface area contributed by atoms with Crippen LogP contribution in [0.4, 0.5) is 0 Å². The van der Waals surface area contributed by atoms with E-state index in [1.54, 1.807) is 0 Å². The number of esters is 2. The van der Waals surface area contributed by atoms with Crippen LogP contribution in [0.15, 0.2) is 65.7 Å². The quantitative estimate of drug-likeness (QED) is 0.0399. The number of carbonyl (C=O) groups excluding carboxylic acids is 2. The highest BCUT2D eigenvalue weighted by atomic mass is 16.6. The molecule has 0 aromatic heterocycles. The SMILES string of the molecule is CCCCCCCCCCCC(=O)O[C@H](CCCCCCC)CCOC[C@@H](N)CC.CCCCCCCCCCCC(=O)O[C@H](CCCCCCC)CCOC[C@H](CC)N=C(c1ccccc1)c1ccccc1. The molecule has 2 aromatic rings. The molecule has 8 nitrogen and oxygen atoms in total. The minimum atomic E-state index is -0.0551. The zero-order chi connectivity index (χ0) is 53.1. The van der Waals surface area contributed by atoms with Gasteiger partial charge in [0.05, 0.1) is 38.2 Å². The summed E-state index contributed by atoms with van der Waals surface area (Å²) >= 11 is 0. The largest absolute Gasteiger partial charge is 0.462 e.